The van der Waals surface area contributed by atoms with Crippen LogP contribution < -0.4 is 4.90 Å². The quantitative estimate of drug-likeness (QED) is 0.577. The lowest BCUT2D eigenvalue weighted by molar-refractivity contribution is 0.426. The number of rotatable bonds is 3. The lowest BCUT2D eigenvalue weighted by Crippen LogP contribution is -2.34. The highest BCUT2D eigenvalue weighted by Gasteiger charge is 2.25. The molecule has 0 spiro atoms. The summed E-state index contributed by atoms with van der Waals surface area (Å²) in [4.78, 5) is 14.1. The Morgan fingerprint density at radius 2 is 1.73 bits per heavy atom. The van der Waals surface area contributed by atoms with Crippen molar-refractivity contribution in [3.8, 4) is 11.1 Å². The molecule has 5 heteroatoms. The Kier molecular flexibility index (Phi) is 4.65. The number of nitrogens with zero attached hydrogens (tertiary/aromatic N) is 3. The monoisotopic (exact) mass is 369 g/mol. The Bertz CT molecular complexity index is 927. The molecule has 0 bridgehead atoms. The Hall–Kier alpha value is -2.01. The third-order valence-electron chi connectivity index (χ3n) is 5.41. The Balaban J connectivity index is 1.90. The number of aromatic nitrogens is 2. The SMILES string of the molecule is Cc1nc(N(C)C2CCCCC2)c2c(-c3ccc(F)cc3)c(C)sc2n1. The average Bonchev–Trinajstić information content (AvgIpc) is 2.97. The third-order valence-corrected chi connectivity index (χ3v) is 6.41. The van der Waals surface area contributed by atoms with Crippen LogP contribution in [0.5, 0.6) is 0 Å². The zero-order valence-electron chi connectivity index (χ0n) is 15.6. The van der Waals surface area contributed by atoms with Crippen molar-refractivity contribution in [2.75, 3.05) is 11.9 Å². The normalized spacial score (nSPS) is 15.5. The predicted molar refractivity (Wildman–Crippen MR) is 108 cm³/mol. The van der Waals surface area contributed by atoms with Gasteiger partial charge in [-0.25, -0.2) is 14.4 Å². The summed E-state index contributed by atoms with van der Waals surface area (Å²) in [6.45, 7) is 4.08. The standard InChI is InChI=1S/C21H24FN3S/c1-13-18(15-9-11-16(22)12-10-15)19-20(23-14(2)24-21(19)26-13)25(3)17-7-5-4-6-8-17/h9-12,17H,4-8H2,1-3H3. The molecule has 2 aromatic heterocycles. The zero-order chi connectivity index (χ0) is 18.3. The molecule has 0 saturated heterocycles. The fraction of sp³-hybridized carbons (Fsp3) is 0.429. The second-order valence-electron chi connectivity index (χ2n) is 7.22. The van der Waals surface area contributed by atoms with Crippen molar-refractivity contribution in [2.45, 2.75) is 52.0 Å². The Labute approximate surface area is 157 Å². The van der Waals surface area contributed by atoms with E-state index >= 15 is 0 Å². The van der Waals surface area contributed by atoms with Gasteiger partial charge >= 0.3 is 0 Å². The molecule has 136 valence electrons. The minimum Gasteiger partial charge on any atom is -0.356 e. The molecule has 1 aliphatic carbocycles. The fourth-order valence-electron chi connectivity index (χ4n) is 4.06. The molecule has 3 aromatic rings. The zero-order valence-corrected chi connectivity index (χ0v) is 16.4. The van der Waals surface area contributed by atoms with Crippen molar-refractivity contribution < 1.29 is 4.39 Å². The van der Waals surface area contributed by atoms with Crippen molar-refractivity contribution >= 4 is 27.4 Å². The molecule has 0 N–H and O–H groups in total. The van der Waals surface area contributed by atoms with Gasteiger partial charge in [-0.1, -0.05) is 31.4 Å². The summed E-state index contributed by atoms with van der Waals surface area (Å²) in [5.74, 6) is 1.61. The Morgan fingerprint density at radius 1 is 1.04 bits per heavy atom. The summed E-state index contributed by atoms with van der Waals surface area (Å²) in [5, 5.41) is 1.11. The molecule has 3 nitrogen and oxygen atoms in total. The van der Waals surface area contributed by atoms with E-state index in [0.29, 0.717) is 6.04 Å². The number of hydrogen-bond acceptors (Lipinski definition) is 4. The van der Waals surface area contributed by atoms with Crippen molar-refractivity contribution in [3.63, 3.8) is 0 Å². The van der Waals surface area contributed by atoms with Crippen molar-refractivity contribution in [2.24, 2.45) is 0 Å². The molecular formula is C21H24FN3S. The minimum atomic E-state index is -0.211. The first kappa shape index (κ1) is 17.4. The molecule has 0 amide bonds. The smallest absolute Gasteiger partial charge is 0.141 e. The van der Waals surface area contributed by atoms with Crippen LogP contribution in [-0.4, -0.2) is 23.1 Å². The lowest BCUT2D eigenvalue weighted by atomic mass is 9.94. The van der Waals surface area contributed by atoms with Crippen LogP contribution >= 0.6 is 11.3 Å². The largest absolute Gasteiger partial charge is 0.356 e. The number of halogens is 1. The van der Waals surface area contributed by atoms with Gasteiger partial charge in [0.25, 0.3) is 0 Å². The first-order valence-electron chi connectivity index (χ1n) is 9.31. The minimum absolute atomic E-state index is 0.211. The highest BCUT2D eigenvalue weighted by molar-refractivity contribution is 7.19. The van der Waals surface area contributed by atoms with E-state index in [4.69, 9.17) is 9.97 Å². The summed E-state index contributed by atoms with van der Waals surface area (Å²) in [7, 11) is 2.17. The van der Waals surface area contributed by atoms with E-state index in [9.17, 15) is 4.39 Å². The molecule has 26 heavy (non-hydrogen) atoms. The Morgan fingerprint density at radius 3 is 2.42 bits per heavy atom. The van der Waals surface area contributed by atoms with Crippen molar-refractivity contribution in [3.05, 3.63) is 40.8 Å². The first-order chi connectivity index (χ1) is 12.5. The molecule has 0 unspecified atom stereocenters. The highest BCUT2D eigenvalue weighted by atomic mass is 32.1. The molecule has 0 radical (unpaired) electrons. The molecule has 0 aliphatic heterocycles. The molecule has 2 heterocycles. The second-order valence-corrected chi connectivity index (χ2v) is 8.42. The van der Waals surface area contributed by atoms with Gasteiger partial charge in [0.2, 0.25) is 0 Å². The van der Waals surface area contributed by atoms with Crippen LogP contribution in [0.25, 0.3) is 21.3 Å². The van der Waals surface area contributed by atoms with Crippen LogP contribution in [0.3, 0.4) is 0 Å². The molecule has 1 fully saturated rings. The van der Waals surface area contributed by atoms with E-state index in [0.717, 1.165) is 33.0 Å². The van der Waals surface area contributed by atoms with Gasteiger partial charge in [-0.2, -0.15) is 0 Å². The predicted octanol–water partition coefficient (Wildman–Crippen LogP) is 5.88. The molecule has 1 aromatic carbocycles. The van der Waals surface area contributed by atoms with E-state index in [1.165, 1.54) is 49.1 Å². The van der Waals surface area contributed by atoms with Gasteiger partial charge < -0.3 is 4.90 Å². The van der Waals surface area contributed by atoms with Crippen LogP contribution in [-0.2, 0) is 0 Å². The van der Waals surface area contributed by atoms with E-state index in [-0.39, 0.29) is 5.82 Å². The number of fused-ring (bicyclic) bond motifs is 1. The van der Waals surface area contributed by atoms with Gasteiger partial charge in [0.1, 0.15) is 22.3 Å². The number of hydrogen-bond donors (Lipinski definition) is 0. The van der Waals surface area contributed by atoms with Crippen LogP contribution in [0.2, 0.25) is 0 Å². The topological polar surface area (TPSA) is 29.0 Å². The molecule has 1 saturated carbocycles. The van der Waals surface area contributed by atoms with E-state index in [2.05, 4.69) is 18.9 Å². The second kappa shape index (κ2) is 6.95. The van der Waals surface area contributed by atoms with E-state index in [1.54, 1.807) is 11.3 Å². The fourth-order valence-corrected chi connectivity index (χ4v) is 5.14. The number of thiophene rings is 1. The molecule has 1 aliphatic rings. The number of anilines is 1. The summed E-state index contributed by atoms with van der Waals surface area (Å²) in [5.41, 5.74) is 2.17. The average molecular weight is 370 g/mol. The van der Waals surface area contributed by atoms with Crippen LogP contribution in [0.1, 0.15) is 42.8 Å². The lowest BCUT2D eigenvalue weighted by Gasteiger charge is -2.32. The summed E-state index contributed by atoms with van der Waals surface area (Å²) < 4.78 is 13.4. The number of aryl methyl sites for hydroxylation is 2. The van der Waals surface area contributed by atoms with Gasteiger partial charge in [0, 0.05) is 23.5 Å². The van der Waals surface area contributed by atoms with Gasteiger partial charge in [-0.3, -0.25) is 0 Å². The maximum Gasteiger partial charge on any atom is 0.141 e. The van der Waals surface area contributed by atoms with Gasteiger partial charge in [0.05, 0.1) is 5.39 Å². The summed E-state index contributed by atoms with van der Waals surface area (Å²) in [6, 6.07) is 7.29. The summed E-state index contributed by atoms with van der Waals surface area (Å²) >= 11 is 1.70. The molecule has 0 atom stereocenters. The van der Waals surface area contributed by atoms with Gasteiger partial charge in [-0.05, 0) is 44.4 Å². The summed E-state index contributed by atoms with van der Waals surface area (Å²) in [6.07, 6.45) is 6.35. The van der Waals surface area contributed by atoms with E-state index in [1.807, 2.05) is 19.1 Å². The van der Waals surface area contributed by atoms with Gasteiger partial charge in [-0.15, -0.1) is 11.3 Å². The van der Waals surface area contributed by atoms with E-state index < -0.39 is 0 Å². The van der Waals surface area contributed by atoms with Crippen molar-refractivity contribution in [1.82, 2.24) is 9.97 Å². The molecular weight excluding hydrogens is 345 g/mol. The van der Waals surface area contributed by atoms with Crippen LogP contribution in [0.4, 0.5) is 10.2 Å². The third kappa shape index (κ3) is 3.09. The highest BCUT2D eigenvalue weighted by Crippen LogP contribution is 2.42. The number of benzene rings is 1. The van der Waals surface area contributed by atoms with Crippen LogP contribution in [0, 0.1) is 19.7 Å². The molecule has 4 rings (SSSR count). The van der Waals surface area contributed by atoms with Crippen LogP contribution in [0.15, 0.2) is 24.3 Å². The first-order valence-corrected chi connectivity index (χ1v) is 10.1. The maximum absolute atomic E-state index is 13.4. The maximum atomic E-state index is 13.4. The van der Waals surface area contributed by atoms with Crippen molar-refractivity contribution in [1.29, 1.82) is 0 Å². The van der Waals surface area contributed by atoms with Gasteiger partial charge in [0.15, 0.2) is 0 Å².